The molecule has 0 aliphatic carbocycles. The monoisotopic (exact) mass is 389 g/mol. The van der Waals surface area contributed by atoms with Crippen molar-refractivity contribution in [3.8, 4) is 0 Å². The van der Waals surface area contributed by atoms with Crippen LogP contribution in [0.25, 0.3) is 0 Å². The normalized spacial score (nSPS) is 18.2. The largest absolute Gasteiger partial charge is 0.367 e. The molecule has 8 heteroatoms. The molecule has 1 saturated heterocycles. The number of aryl methyl sites for hydroxylation is 1. The molecule has 2 N–H and O–H groups in total. The van der Waals surface area contributed by atoms with Crippen molar-refractivity contribution in [2.45, 2.75) is 52.1 Å². The van der Waals surface area contributed by atoms with Crippen molar-refractivity contribution in [2.24, 2.45) is 12.0 Å². The molecule has 2 aromatic heterocycles. The molecule has 1 aliphatic rings. The highest BCUT2D eigenvalue weighted by molar-refractivity contribution is 7.09. The number of piperidine rings is 1. The van der Waals surface area contributed by atoms with Crippen molar-refractivity contribution in [3.05, 3.63) is 28.5 Å². The Kier molecular flexibility index (Phi) is 6.71. The number of hydrogen-bond donors (Lipinski definition) is 2. The zero-order chi connectivity index (χ0) is 19.2. The van der Waals surface area contributed by atoms with Gasteiger partial charge < -0.3 is 15.5 Å². The molecule has 1 fully saturated rings. The minimum atomic E-state index is 0.374. The van der Waals surface area contributed by atoms with Crippen molar-refractivity contribution in [2.75, 3.05) is 24.5 Å². The molecule has 3 rings (SSSR count). The topological polar surface area (TPSA) is 70.4 Å². The van der Waals surface area contributed by atoms with Crippen LogP contribution in [-0.2, 0) is 13.6 Å². The van der Waals surface area contributed by atoms with Crippen LogP contribution in [0.15, 0.2) is 22.8 Å². The highest BCUT2D eigenvalue weighted by Gasteiger charge is 2.21. The van der Waals surface area contributed by atoms with Gasteiger partial charge in [-0.05, 0) is 19.8 Å². The highest BCUT2D eigenvalue weighted by Crippen LogP contribution is 2.20. The van der Waals surface area contributed by atoms with E-state index in [4.69, 9.17) is 4.99 Å². The average molecular weight is 390 g/mol. The minimum absolute atomic E-state index is 0.374. The SMILES string of the molecule is CCNC(=NCc1csc(C(C)C)n1)NC1CCCN(c2cnn(C)c2)C1. The first-order chi connectivity index (χ1) is 13.0. The summed E-state index contributed by atoms with van der Waals surface area (Å²) in [5.41, 5.74) is 2.23. The van der Waals surface area contributed by atoms with E-state index in [9.17, 15) is 0 Å². The van der Waals surface area contributed by atoms with E-state index in [0.29, 0.717) is 18.5 Å². The number of anilines is 1. The molecule has 1 aliphatic heterocycles. The van der Waals surface area contributed by atoms with Gasteiger partial charge in [0.1, 0.15) is 0 Å². The predicted octanol–water partition coefficient (Wildman–Crippen LogP) is 2.72. The van der Waals surface area contributed by atoms with Gasteiger partial charge in [-0.3, -0.25) is 4.68 Å². The third-order valence-corrected chi connectivity index (χ3v) is 5.82. The summed E-state index contributed by atoms with van der Waals surface area (Å²) in [5, 5.41) is 14.6. The number of thiazole rings is 1. The quantitative estimate of drug-likeness (QED) is 0.587. The summed E-state index contributed by atoms with van der Waals surface area (Å²) in [6, 6.07) is 0.374. The van der Waals surface area contributed by atoms with Gasteiger partial charge in [0.05, 0.1) is 29.1 Å². The molecule has 0 bridgehead atoms. The lowest BCUT2D eigenvalue weighted by molar-refractivity contribution is 0.468. The van der Waals surface area contributed by atoms with Crippen LogP contribution in [0.3, 0.4) is 0 Å². The van der Waals surface area contributed by atoms with Crippen LogP contribution in [0.2, 0.25) is 0 Å². The second-order valence-electron chi connectivity index (χ2n) is 7.33. The van der Waals surface area contributed by atoms with Gasteiger partial charge in [0, 0.05) is 50.2 Å². The molecule has 0 aromatic carbocycles. The van der Waals surface area contributed by atoms with Gasteiger partial charge in [-0.25, -0.2) is 9.98 Å². The molecule has 148 valence electrons. The predicted molar refractivity (Wildman–Crippen MR) is 113 cm³/mol. The molecule has 2 aromatic rings. The summed E-state index contributed by atoms with van der Waals surface area (Å²) in [6.45, 7) is 9.94. The van der Waals surface area contributed by atoms with Crippen LogP contribution < -0.4 is 15.5 Å². The Hall–Kier alpha value is -2.09. The van der Waals surface area contributed by atoms with Gasteiger partial charge in [0.15, 0.2) is 5.96 Å². The lowest BCUT2D eigenvalue weighted by atomic mass is 10.1. The molecule has 3 heterocycles. The fourth-order valence-electron chi connectivity index (χ4n) is 3.23. The Morgan fingerprint density at radius 3 is 2.96 bits per heavy atom. The number of aromatic nitrogens is 3. The number of aliphatic imine (C=N–C) groups is 1. The van der Waals surface area contributed by atoms with Crippen molar-refractivity contribution >= 4 is 23.0 Å². The molecule has 0 amide bonds. The van der Waals surface area contributed by atoms with E-state index < -0.39 is 0 Å². The zero-order valence-corrected chi connectivity index (χ0v) is 17.6. The summed E-state index contributed by atoms with van der Waals surface area (Å²) < 4.78 is 1.86. The molecule has 1 unspecified atom stereocenters. The first kappa shape index (κ1) is 19.7. The Balaban J connectivity index is 1.60. The average Bonchev–Trinajstić information content (AvgIpc) is 3.29. The maximum Gasteiger partial charge on any atom is 0.191 e. The van der Waals surface area contributed by atoms with Crippen molar-refractivity contribution in [1.29, 1.82) is 0 Å². The van der Waals surface area contributed by atoms with Crippen LogP contribution in [-0.4, -0.2) is 46.4 Å². The minimum Gasteiger partial charge on any atom is -0.367 e. The smallest absolute Gasteiger partial charge is 0.191 e. The summed E-state index contributed by atoms with van der Waals surface area (Å²) >= 11 is 1.72. The lowest BCUT2D eigenvalue weighted by Gasteiger charge is -2.34. The first-order valence-electron chi connectivity index (χ1n) is 9.78. The molecule has 0 saturated carbocycles. The second-order valence-corrected chi connectivity index (χ2v) is 8.22. The molecule has 1 atom stereocenters. The van der Waals surface area contributed by atoms with Crippen molar-refractivity contribution in [1.82, 2.24) is 25.4 Å². The first-order valence-corrected chi connectivity index (χ1v) is 10.7. The van der Waals surface area contributed by atoms with Gasteiger partial charge in [-0.2, -0.15) is 5.10 Å². The maximum atomic E-state index is 4.76. The fraction of sp³-hybridized carbons (Fsp3) is 0.632. The molecule has 27 heavy (non-hydrogen) atoms. The van der Waals surface area contributed by atoms with Crippen LogP contribution in [0, 0.1) is 0 Å². The number of nitrogens with one attached hydrogen (secondary N) is 2. The van der Waals surface area contributed by atoms with Gasteiger partial charge >= 0.3 is 0 Å². The van der Waals surface area contributed by atoms with E-state index in [2.05, 4.69) is 58.0 Å². The zero-order valence-electron chi connectivity index (χ0n) is 16.8. The summed E-state index contributed by atoms with van der Waals surface area (Å²) in [5.74, 6) is 1.34. The Labute approximate surface area is 165 Å². The molecule has 0 radical (unpaired) electrons. The second kappa shape index (κ2) is 9.21. The summed E-state index contributed by atoms with van der Waals surface area (Å²) in [6.07, 6.45) is 6.33. The third-order valence-electron chi connectivity index (χ3n) is 4.63. The molecular weight excluding hydrogens is 358 g/mol. The number of hydrogen-bond acceptors (Lipinski definition) is 5. The van der Waals surface area contributed by atoms with Crippen molar-refractivity contribution < 1.29 is 0 Å². The Bertz CT molecular complexity index is 749. The molecule has 0 spiro atoms. The van der Waals surface area contributed by atoms with E-state index in [1.807, 2.05) is 17.9 Å². The Morgan fingerprint density at radius 2 is 2.30 bits per heavy atom. The van der Waals surface area contributed by atoms with E-state index in [-0.39, 0.29) is 0 Å². The third kappa shape index (κ3) is 5.45. The highest BCUT2D eigenvalue weighted by atomic mass is 32.1. The number of nitrogens with zero attached hydrogens (tertiary/aromatic N) is 5. The Morgan fingerprint density at radius 1 is 1.44 bits per heavy atom. The van der Waals surface area contributed by atoms with Gasteiger partial charge in [-0.1, -0.05) is 13.8 Å². The lowest BCUT2D eigenvalue weighted by Crippen LogP contribution is -2.51. The van der Waals surface area contributed by atoms with E-state index in [0.717, 1.165) is 44.1 Å². The van der Waals surface area contributed by atoms with Crippen LogP contribution >= 0.6 is 11.3 Å². The van der Waals surface area contributed by atoms with Crippen molar-refractivity contribution in [3.63, 3.8) is 0 Å². The van der Waals surface area contributed by atoms with Gasteiger partial charge in [0.2, 0.25) is 0 Å². The maximum absolute atomic E-state index is 4.76. The van der Waals surface area contributed by atoms with Gasteiger partial charge in [0.25, 0.3) is 0 Å². The van der Waals surface area contributed by atoms with Crippen LogP contribution in [0.5, 0.6) is 0 Å². The van der Waals surface area contributed by atoms with E-state index >= 15 is 0 Å². The fourth-order valence-corrected chi connectivity index (χ4v) is 4.06. The number of rotatable bonds is 6. The summed E-state index contributed by atoms with van der Waals surface area (Å²) in [4.78, 5) is 11.8. The van der Waals surface area contributed by atoms with Gasteiger partial charge in [-0.15, -0.1) is 11.3 Å². The molecule has 7 nitrogen and oxygen atoms in total. The van der Waals surface area contributed by atoms with E-state index in [1.165, 1.54) is 10.7 Å². The number of guanidine groups is 1. The van der Waals surface area contributed by atoms with Crippen LogP contribution in [0.1, 0.15) is 50.2 Å². The van der Waals surface area contributed by atoms with E-state index in [1.54, 1.807) is 11.3 Å². The van der Waals surface area contributed by atoms with Crippen LogP contribution in [0.4, 0.5) is 5.69 Å². The standard InChI is InChI=1S/C19H31N7S/c1-5-20-19(21-9-16-13-27-18(23-16)14(2)3)24-15-7-6-8-26(11-15)17-10-22-25(4)12-17/h10,12-15H,5-9,11H2,1-4H3,(H2,20,21,24). The molecular formula is C19H31N7S. The summed E-state index contributed by atoms with van der Waals surface area (Å²) in [7, 11) is 1.96.